The Bertz CT molecular complexity index is 651. The van der Waals surface area contributed by atoms with Crippen molar-refractivity contribution in [2.45, 2.75) is 76.8 Å². The number of aliphatic hydroxyl groups is 4. The maximum absolute atomic E-state index is 13.3. The van der Waals surface area contributed by atoms with Gasteiger partial charge in [0.05, 0.1) is 29.3 Å². The van der Waals surface area contributed by atoms with Crippen LogP contribution in [0.4, 0.5) is 0 Å². The van der Waals surface area contributed by atoms with Gasteiger partial charge in [0.1, 0.15) is 0 Å². The molecule has 0 amide bonds. The second-order valence-electron chi connectivity index (χ2n) is 9.90. The molecule has 9 atom stereocenters. The van der Waals surface area contributed by atoms with Gasteiger partial charge in [-0.15, -0.1) is 0 Å². The predicted molar refractivity (Wildman–Crippen MR) is 96.1 cm³/mol. The SMILES string of the molecule is C=C1C(=O)C23C(O)C1CCC2[C@]1(C(C)(C)O)CCCC(C)C1C(O)C3O. The number of rotatable bonds is 1. The van der Waals surface area contributed by atoms with Gasteiger partial charge in [-0.2, -0.15) is 0 Å². The van der Waals surface area contributed by atoms with Crippen LogP contribution in [0.25, 0.3) is 0 Å². The third-order valence-corrected chi connectivity index (χ3v) is 8.75. The summed E-state index contributed by atoms with van der Waals surface area (Å²) in [6.45, 7) is 9.51. The molecular formula is C21H32O5. The van der Waals surface area contributed by atoms with Gasteiger partial charge in [0, 0.05) is 11.3 Å². The van der Waals surface area contributed by atoms with Crippen molar-refractivity contribution in [1.82, 2.24) is 0 Å². The average Bonchev–Trinajstić information content (AvgIpc) is 2.67. The third kappa shape index (κ3) is 1.79. The number of ketones is 1. The summed E-state index contributed by atoms with van der Waals surface area (Å²) in [5, 5.41) is 44.9. The van der Waals surface area contributed by atoms with Gasteiger partial charge >= 0.3 is 0 Å². The summed E-state index contributed by atoms with van der Waals surface area (Å²) in [7, 11) is 0. The Morgan fingerprint density at radius 3 is 2.38 bits per heavy atom. The van der Waals surface area contributed by atoms with Gasteiger partial charge in [-0.3, -0.25) is 4.79 Å². The number of hydrogen-bond donors (Lipinski definition) is 4. The molecule has 4 saturated carbocycles. The van der Waals surface area contributed by atoms with E-state index in [1.54, 1.807) is 13.8 Å². The van der Waals surface area contributed by atoms with E-state index in [4.69, 9.17) is 0 Å². The molecule has 0 aromatic heterocycles. The van der Waals surface area contributed by atoms with E-state index in [0.717, 1.165) is 12.8 Å². The lowest BCUT2D eigenvalue weighted by atomic mass is 9.37. The molecule has 8 unspecified atom stereocenters. The van der Waals surface area contributed by atoms with Crippen molar-refractivity contribution in [3.63, 3.8) is 0 Å². The van der Waals surface area contributed by atoms with Gasteiger partial charge < -0.3 is 20.4 Å². The van der Waals surface area contributed by atoms with Crippen molar-refractivity contribution < 1.29 is 25.2 Å². The molecule has 5 nitrogen and oxygen atoms in total. The number of carbonyl (C=O) groups excluding carboxylic acids is 1. The van der Waals surface area contributed by atoms with Crippen LogP contribution in [0.5, 0.6) is 0 Å². The van der Waals surface area contributed by atoms with Gasteiger partial charge in [-0.05, 0) is 56.4 Å². The molecule has 0 aliphatic heterocycles. The highest BCUT2D eigenvalue weighted by Crippen LogP contribution is 2.71. The molecule has 0 aromatic carbocycles. The van der Waals surface area contributed by atoms with E-state index in [9.17, 15) is 25.2 Å². The highest BCUT2D eigenvalue weighted by atomic mass is 16.3. The fourth-order valence-corrected chi connectivity index (χ4v) is 7.82. The largest absolute Gasteiger partial charge is 0.391 e. The van der Waals surface area contributed by atoms with Crippen LogP contribution in [-0.4, -0.2) is 50.1 Å². The standard InChI is InChI=1S/C21H32O5/c1-10-6-5-9-20(19(3,4)26)13-8-7-12-11(2)16(23)21(13,17(12)24)18(25)15(22)14(10)20/h10,12-15,17-18,22,24-26H,2,5-9H2,1,3-4H3/t10?,12?,13?,14?,15?,17?,18?,20-,21?/m1/s1. The highest BCUT2D eigenvalue weighted by molar-refractivity contribution is 6.04. The predicted octanol–water partition coefficient (Wildman–Crippen LogP) is 1.43. The average molecular weight is 364 g/mol. The third-order valence-electron chi connectivity index (χ3n) is 8.75. The maximum atomic E-state index is 13.3. The maximum Gasteiger partial charge on any atom is 0.170 e. The zero-order valence-corrected chi connectivity index (χ0v) is 16.0. The zero-order chi connectivity index (χ0) is 19.2. The summed E-state index contributed by atoms with van der Waals surface area (Å²) in [4.78, 5) is 13.3. The van der Waals surface area contributed by atoms with Crippen molar-refractivity contribution in [3.8, 4) is 0 Å². The summed E-state index contributed by atoms with van der Waals surface area (Å²) < 4.78 is 0. The smallest absolute Gasteiger partial charge is 0.170 e. The summed E-state index contributed by atoms with van der Waals surface area (Å²) in [6, 6.07) is 0. The van der Waals surface area contributed by atoms with Crippen LogP contribution in [-0.2, 0) is 4.79 Å². The molecule has 0 radical (unpaired) electrons. The first-order valence-corrected chi connectivity index (χ1v) is 10.0. The van der Waals surface area contributed by atoms with Crippen molar-refractivity contribution in [1.29, 1.82) is 0 Å². The van der Waals surface area contributed by atoms with Crippen molar-refractivity contribution >= 4 is 5.78 Å². The molecule has 2 bridgehead atoms. The highest BCUT2D eigenvalue weighted by Gasteiger charge is 2.78. The second-order valence-corrected chi connectivity index (χ2v) is 9.90. The number of aliphatic hydroxyl groups excluding tert-OH is 3. The number of hydrogen-bond acceptors (Lipinski definition) is 5. The Morgan fingerprint density at radius 2 is 1.77 bits per heavy atom. The van der Waals surface area contributed by atoms with Gasteiger partial charge in [0.25, 0.3) is 0 Å². The molecule has 0 aromatic rings. The molecule has 26 heavy (non-hydrogen) atoms. The fraction of sp³-hybridized carbons (Fsp3) is 0.857. The summed E-state index contributed by atoms with van der Waals surface area (Å²) in [6.07, 6.45) is 0.323. The minimum atomic E-state index is -1.44. The first-order valence-electron chi connectivity index (χ1n) is 10.0. The van der Waals surface area contributed by atoms with E-state index in [1.165, 1.54) is 0 Å². The summed E-state index contributed by atoms with van der Waals surface area (Å²) in [5.41, 5.74) is -2.91. The molecular weight excluding hydrogens is 332 g/mol. The van der Waals surface area contributed by atoms with Crippen LogP contribution in [0.1, 0.15) is 52.9 Å². The molecule has 146 valence electrons. The zero-order valence-electron chi connectivity index (χ0n) is 16.0. The first kappa shape index (κ1) is 18.6. The lowest BCUT2D eigenvalue weighted by molar-refractivity contribution is -0.296. The quantitative estimate of drug-likeness (QED) is 0.528. The fourth-order valence-electron chi connectivity index (χ4n) is 7.82. The summed E-state index contributed by atoms with van der Waals surface area (Å²) in [5.74, 6) is -1.18. The Hall–Kier alpha value is -0.750. The molecule has 1 spiro atoms. The second kappa shape index (κ2) is 5.40. The van der Waals surface area contributed by atoms with Crippen LogP contribution in [0.3, 0.4) is 0 Å². The molecule has 4 aliphatic carbocycles. The minimum absolute atomic E-state index is 0.131. The lowest BCUT2D eigenvalue weighted by Gasteiger charge is -2.68. The molecule has 0 saturated heterocycles. The van der Waals surface area contributed by atoms with Crippen LogP contribution >= 0.6 is 0 Å². The Balaban J connectivity index is 1.99. The van der Waals surface area contributed by atoms with Gasteiger partial charge in [0.15, 0.2) is 5.78 Å². The van der Waals surface area contributed by atoms with E-state index in [-0.39, 0.29) is 29.5 Å². The minimum Gasteiger partial charge on any atom is -0.391 e. The van der Waals surface area contributed by atoms with Crippen LogP contribution in [0, 0.1) is 34.5 Å². The molecule has 0 heterocycles. The van der Waals surface area contributed by atoms with E-state index in [2.05, 4.69) is 13.5 Å². The van der Waals surface area contributed by atoms with Crippen molar-refractivity contribution in [3.05, 3.63) is 12.2 Å². The molecule has 4 aliphatic rings. The molecule has 5 heteroatoms. The van der Waals surface area contributed by atoms with Gasteiger partial charge in [-0.25, -0.2) is 0 Å². The summed E-state index contributed by atoms with van der Waals surface area (Å²) >= 11 is 0. The van der Waals surface area contributed by atoms with Crippen LogP contribution < -0.4 is 0 Å². The topological polar surface area (TPSA) is 98.0 Å². The van der Waals surface area contributed by atoms with Gasteiger partial charge in [-0.1, -0.05) is 26.3 Å². The Morgan fingerprint density at radius 1 is 1.12 bits per heavy atom. The Kier molecular flexibility index (Phi) is 3.87. The number of Topliss-reactive ketones (excluding diaryl/α,β-unsaturated/α-hetero) is 1. The van der Waals surface area contributed by atoms with E-state index in [1.807, 2.05) is 0 Å². The van der Waals surface area contributed by atoms with Crippen LogP contribution in [0.2, 0.25) is 0 Å². The normalized spacial score (nSPS) is 54.0. The van der Waals surface area contributed by atoms with E-state index < -0.39 is 34.7 Å². The lowest BCUT2D eigenvalue weighted by Crippen LogP contribution is -2.75. The van der Waals surface area contributed by atoms with Crippen LogP contribution in [0.15, 0.2) is 12.2 Å². The van der Waals surface area contributed by atoms with E-state index >= 15 is 0 Å². The van der Waals surface area contributed by atoms with Gasteiger partial charge in [0.2, 0.25) is 0 Å². The number of carbonyl (C=O) groups is 1. The molecule has 4 N–H and O–H groups in total. The van der Waals surface area contributed by atoms with Crippen molar-refractivity contribution in [2.75, 3.05) is 0 Å². The number of fused-ring (bicyclic) bond motifs is 3. The first-order chi connectivity index (χ1) is 12.0. The van der Waals surface area contributed by atoms with Crippen molar-refractivity contribution in [2.24, 2.45) is 34.5 Å². The molecule has 4 fully saturated rings. The Labute approximate surface area is 155 Å². The van der Waals surface area contributed by atoms with E-state index in [0.29, 0.717) is 24.8 Å². The molecule has 4 rings (SSSR count). The monoisotopic (exact) mass is 364 g/mol.